The molecule has 0 aliphatic carbocycles. The summed E-state index contributed by atoms with van der Waals surface area (Å²) in [5.74, 6) is 0.146. The van der Waals surface area contributed by atoms with Crippen LogP contribution in [0.25, 0.3) is 0 Å². The van der Waals surface area contributed by atoms with Gasteiger partial charge in [-0.1, -0.05) is 0 Å². The van der Waals surface area contributed by atoms with Crippen LogP contribution in [0.5, 0.6) is 0 Å². The molecule has 22 heavy (non-hydrogen) atoms. The Balaban J connectivity index is 1.66. The molecule has 6 nitrogen and oxygen atoms in total. The van der Waals surface area contributed by atoms with E-state index in [2.05, 4.69) is 4.90 Å². The van der Waals surface area contributed by atoms with Gasteiger partial charge in [0.1, 0.15) is 12.2 Å². The van der Waals surface area contributed by atoms with E-state index < -0.39 is 0 Å². The Morgan fingerprint density at radius 3 is 2.77 bits per heavy atom. The zero-order valence-corrected chi connectivity index (χ0v) is 13.5. The van der Waals surface area contributed by atoms with Crippen molar-refractivity contribution in [3.8, 4) is 0 Å². The van der Waals surface area contributed by atoms with Gasteiger partial charge >= 0.3 is 0 Å². The maximum Gasteiger partial charge on any atom is 0.248 e. The van der Waals surface area contributed by atoms with Crippen molar-refractivity contribution >= 4 is 11.7 Å². The quantitative estimate of drug-likeness (QED) is 0.770. The van der Waals surface area contributed by atoms with Crippen LogP contribution in [0.4, 0.5) is 0 Å². The first-order chi connectivity index (χ1) is 10.4. The van der Waals surface area contributed by atoms with Crippen molar-refractivity contribution in [2.24, 2.45) is 7.05 Å². The number of aromatic nitrogens is 1. The first-order valence-corrected chi connectivity index (χ1v) is 7.65. The molecular formula is C16H23N3O3. The smallest absolute Gasteiger partial charge is 0.248 e. The highest BCUT2D eigenvalue weighted by Gasteiger charge is 2.44. The first kappa shape index (κ1) is 15.2. The van der Waals surface area contributed by atoms with Crippen molar-refractivity contribution in [3.63, 3.8) is 0 Å². The molecule has 1 aromatic rings. The molecule has 1 atom stereocenters. The van der Waals surface area contributed by atoms with Crippen molar-refractivity contribution in [1.82, 2.24) is 14.4 Å². The second-order valence-corrected chi connectivity index (χ2v) is 6.57. The van der Waals surface area contributed by atoms with E-state index in [1.165, 1.54) is 0 Å². The molecule has 1 amide bonds. The third kappa shape index (κ3) is 2.80. The maximum absolute atomic E-state index is 11.6. The summed E-state index contributed by atoms with van der Waals surface area (Å²) in [5, 5.41) is 0. The third-order valence-corrected chi connectivity index (χ3v) is 4.75. The van der Waals surface area contributed by atoms with Gasteiger partial charge in [-0.15, -0.1) is 0 Å². The van der Waals surface area contributed by atoms with E-state index in [0.29, 0.717) is 6.54 Å². The van der Waals surface area contributed by atoms with E-state index in [1.54, 1.807) is 11.8 Å². The van der Waals surface area contributed by atoms with E-state index in [4.69, 9.17) is 4.74 Å². The summed E-state index contributed by atoms with van der Waals surface area (Å²) in [4.78, 5) is 27.1. The molecule has 0 aromatic carbocycles. The molecule has 2 fully saturated rings. The fourth-order valence-electron chi connectivity index (χ4n) is 3.39. The summed E-state index contributed by atoms with van der Waals surface area (Å²) in [6.07, 6.45) is 2.82. The number of carbonyl (C=O) groups is 2. The number of amides is 1. The monoisotopic (exact) mass is 305 g/mol. The van der Waals surface area contributed by atoms with Crippen molar-refractivity contribution in [1.29, 1.82) is 0 Å². The molecule has 1 aromatic heterocycles. The van der Waals surface area contributed by atoms with Crippen LogP contribution in [0.3, 0.4) is 0 Å². The summed E-state index contributed by atoms with van der Waals surface area (Å²) >= 11 is 0. The summed E-state index contributed by atoms with van der Waals surface area (Å²) in [6, 6.07) is 1.96. The molecular weight excluding hydrogens is 282 g/mol. The lowest BCUT2D eigenvalue weighted by Gasteiger charge is -2.38. The summed E-state index contributed by atoms with van der Waals surface area (Å²) < 4.78 is 7.87. The predicted octanol–water partition coefficient (Wildman–Crippen LogP) is 0.661. The van der Waals surface area contributed by atoms with E-state index in [1.807, 2.05) is 30.9 Å². The number of ketones is 1. The van der Waals surface area contributed by atoms with Crippen molar-refractivity contribution in [2.45, 2.75) is 25.5 Å². The third-order valence-electron chi connectivity index (χ3n) is 4.75. The summed E-state index contributed by atoms with van der Waals surface area (Å²) in [7, 11) is 3.81. The van der Waals surface area contributed by atoms with Crippen molar-refractivity contribution < 1.29 is 14.3 Å². The second-order valence-electron chi connectivity index (χ2n) is 6.57. The highest BCUT2D eigenvalue weighted by molar-refractivity contribution is 5.94. The topological polar surface area (TPSA) is 54.8 Å². The average Bonchev–Trinajstić information content (AvgIpc) is 3.01. The van der Waals surface area contributed by atoms with Crippen molar-refractivity contribution in [2.75, 3.05) is 33.3 Å². The Morgan fingerprint density at radius 1 is 1.36 bits per heavy atom. The Kier molecular flexibility index (Phi) is 3.82. The van der Waals surface area contributed by atoms with E-state index >= 15 is 0 Å². The summed E-state index contributed by atoms with van der Waals surface area (Å²) in [6.45, 7) is 5.00. The Bertz CT molecular complexity index is 610. The van der Waals surface area contributed by atoms with Gasteiger partial charge in [0.2, 0.25) is 5.91 Å². The van der Waals surface area contributed by atoms with Crippen LogP contribution in [0.15, 0.2) is 12.3 Å². The minimum absolute atomic E-state index is 0.0533. The number of ether oxygens (including phenoxy) is 1. The molecule has 3 heterocycles. The summed E-state index contributed by atoms with van der Waals surface area (Å²) in [5.41, 5.74) is 1.66. The van der Waals surface area contributed by atoms with Crippen LogP contribution in [0.2, 0.25) is 0 Å². The number of likely N-dealkylation sites (tertiary alicyclic amines) is 1. The van der Waals surface area contributed by atoms with Crippen molar-refractivity contribution in [3.05, 3.63) is 23.5 Å². The lowest BCUT2D eigenvalue weighted by Crippen LogP contribution is -2.54. The molecule has 1 spiro atoms. The van der Waals surface area contributed by atoms with Gasteiger partial charge in [-0.3, -0.25) is 14.5 Å². The predicted molar refractivity (Wildman–Crippen MR) is 81.6 cm³/mol. The molecule has 2 aliphatic rings. The number of hydrogen-bond donors (Lipinski definition) is 0. The van der Waals surface area contributed by atoms with Gasteiger partial charge in [0.25, 0.3) is 0 Å². The van der Waals surface area contributed by atoms with Crippen LogP contribution in [0.1, 0.15) is 29.4 Å². The van der Waals surface area contributed by atoms with Crippen LogP contribution < -0.4 is 0 Å². The number of nitrogens with zero attached hydrogens (tertiary/aromatic N) is 3. The van der Waals surface area contributed by atoms with E-state index in [0.717, 1.165) is 37.3 Å². The van der Waals surface area contributed by atoms with Gasteiger partial charge < -0.3 is 14.2 Å². The SMILES string of the molecule is CC(=O)c1cc(CN2CC[C@]3(C2)CN(C)C(=O)CO3)n(C)c1. The molecule has 0 saturated carbocycles. The number of carbonyl (C=O) groups excluding carboxylic acids is 2. The molecule has 0 unspecified atom stereocenters. The standard InChI is InChI=1S/C16H23N3O3/c1-12(20)13-6-14(17(2)7-13)8-19-5-4-16(11-19)10-18(3)15(21)9-22-16/h6-7H,4-5,8-11H2,1-3H3/t16-/m1/s1. The van der Waals surface area contributed by atoms with Gasteiger partial charge in [-0.2, -0.15) is 0 Å². The van der Waals surface area contributed by atoms with Crippen LogP contribution in [-0.4, -0.2) is 64.9 Å². The second kappa shape index (κ2) is 5.52. The van der Waals surface area contributed by atoms with Gasteiger partial charge in [0.05, 0.1) is 6.54 Å². The van der Waals surface area contributed by atoms with Crippen LogP contribution in [0, 0.1) is 0 Å². The van der Waals surface area contributed by atoms with Gasteiger partial charge in [-0.25, -0.2) is 0 Å². The van der Waals surface area contributed by atoms with E-state index in [9.17, 15) is 9.59 Å². The molecule has 0 radical (unpaired) electrons. The fourth-order valence-corrected chi connectivity index (χ4v) is 3.39. The average molecular weight is 305 g/mol. The zero-order chi connectivity index (χ0) is 15.9. The highest BCUT2D eigenvalue weighted by atomic mass is 16.5. The molecule has 0 N–H and O–H groups in total. The number of likely N-dealkylation sites (N-methyl/N-ethyl adjacent to an activating group) is 1. The number of aryl methyl sites for hydroxylation is 1. The van der Waals surface area contributed by atoms with Crippen LogP contribution in [-0.2, 0) is 23.1 Å². The lowest BCUT2D eigenvalue weighted by molar-refractivity contribution is -0.159. The molecule has 2 saturated heterocycles. The normalized spacial score (nSPS) is 26.1. The number of Topliss-reactive ketones (excluding diaryl/α,β-unsaturated/α-hetero) is 1. The fraction of sp³-hybridized carbons (Fsp3) is 0.625. The first-order valence-electron chi connectivity index (χ1n) is 7.65. The van der Waals surface area contributed by atoms with Gasteiger partial charge in [0, 0.05) is 51.2 Å². The Labute approximate surface area is 130 Å². The minimum Gasteiger partial charge on any atom is -0.362 e. The number of morpholine rings is 1. The lowest BCUT2D eigenvalue weighted by atomic mass is 10.0. The largest absolute Gasteiger partial charge is 0.362 e. The molecule has 2 aliphatic heterocycles. The number of rotatable bonds is 3. The Morgan fingerprint density at radius 2 is 2.14 bits per heavy atom. The zero-order valence-electron chi connectivity index (χ0n) is 13.5. The molecule has 3 rings (SSSR count). The van der Waals surface area contributed by atoms with Gasteiger partial charge in [-0.05, 0) is 19.4 Å². The Hall–Kier alpha value is -1.66. The number of hydrogen-bond acceptors (Lipinski definition) is 4. The highest BCUT2D eigenvalue weighted by Crippen LogP contribution is 2.30. The van der Waals surface area contributed by atoms with Crippen LogP contribution >= 0.6 is 0 Å². The molecule has 120 valence electrons. The van der Waals surface area contributed by atoms with Gasteiger partial charge in [0.15, 0.2) is 5.78 Å². The molecule has 0 bridgehead atoms. The maximum atomic E-state index is 11.6. The molecule has 6 heteroatoms. The van der Waals surface area contributed by atoms with E-state index in [-0.39, 0.29) is 23.9 Å². The minimum atomic E-state index is -0.225.